The summed E-state index contributed by atoms with van der Waals surface area (Å²) in [6, 6.07) is 18.7. The first-order chi connectivity index (χ1) is 13.6. The topological polar surface area (TPSA) is 71.3 Å². The van der Waals surface area contributed by atoms with Crippen molar-refractivity contribution in [2.75, 3.05) is 11.9 Å². The van der Waals surface area contributed by atoms with Gasteiger partial charge in [0, 0.05) is 23.7 Å². The molecule has 0 fully saturated rings. The Hall–Kier alpha value is -3.34. The number of hydrogen-bond acceptors (Lipinski definition) is 3. The maximum atomic E-state index is 12.6. The number of amides is 2. The number of hydrogen-bond donors (Lipinski definition) is 2. The van der Waals surface area contributed by atoms with Gasteiger partial charge in [-0.2, -0.15) is 0 Å². The van der Waals surface area contributed by atoms with Crippen LogP contribution in [0.4, 0.5) is 5.69 Å². The van der Waals surface area contributed by atoms with Crippen LogP contribution >= 0.6 is 0 Å². The number of furan rings is 1. The average Bonchev–Trinajstić information content (AvgIpc) is 3.26. The minimum atomic E-state index is -0.346. The number of carbonyl (C=O) groups excluding carboxylic acids is 2. The molecule has 0 aliphatic heterocycles. The first-order valence-electron chi connectivity index (χ1n) is 9.37. The van der Waals surface area contributed by atoms with Crippen molar-refractivity contribution in [1.29, 1.82) is 0 Å². The molecule has 3 aromatic rings. The summed E-state index contributed by atoms with van der Waals surface area (Å²) in [5.74, 6) is -0.0275. The van der Waals surface area contributed by atoms with E-state index in [0.29, 0.717) is 17.8 Å². The van der Waals surface area contributed by atoms with E-state index < -0.39 is 0 Å². The summed E-state index contributed by atoms with van der Waals surface area (Å²) < 4.78 is 5.11. The molecular formula is C23H24N2O3. The molecule has 2 N–H and O–H groups in total. The summed E-state index contributed by atoms with van der Waals surface area (Å²) in [5, 5.41) is 5.80. The van der Waals surface area contributed by atoms with Crippen LogP contribution < -0.4 is 10.6 Å². The molecule has 0 saturated carbocycles. The zero-order valence-corrected chi connectivity index (χ0v) is 16.1. The lowest BCUT2D eigenvalue weighted by Crippen LogP contribution is -2.28. The van der Waals surface area contributed by atoms with Gasteiger partial charge in [-0.15, -0.1) is 0 Å². The summed E-state index contributed by atoms with van der Waals surface area (Å²) in [5.41, 5.74) is 3.17. The molecule has 0 spiro atoms. The summed E-state index contributed by atoms with van der Waals surface area (Å²) in [4.78, 5) is 24.8. The van der Waals surface area contributed by atoms with E-state index in [9.17, 15) is 9.59 Å². The van der Waals surface area contributed by atoms with Gasteiger partial charge < -0.3 is 15.1 Å². The smallest absolute Gasteiger partial charge is 0.291 e. The van der Waals surface area contributed by atoms with Gasteiger partial charge in [0.2, 0.25) is 0 Å². The monoisotopic (exact) mass is 376 g/mol. The quantitative estimate of drug-likeness (QED) is 0.624. The van der Waals surface area contributed by atoms with Gasteiger partial charge in [0.05, 0.1) is 6.26 Å². The van der Waals surface area contributed by atoms with Crippen molar-refractivity contribution in [2.45, 2.75) is 26.2 Å². The molecule has 2 amide bonds. The highest BCUT2D eigenvalue weighted by Crippen LogP contribution is 2.20. The Balaban J connectivity index is 1.67. The normalized spacial score (nSPS) is 11.6. The molecule has 1 heterocycles. The van der Waals surface area contributed by atoms with E-state index >= 15 is 0 Å². The molecule has 0 bridgehead atoms. The second-order valence-corrected chi connectivity index (χ2v) is 6.69. The highest BCUT2D eigenvalue weighted by atomic mass is 16.3. The molecule has 2 aromatic carbocycles. The molecule has 1 atom stereocenters. The van der Waals surface area contributed by atoms with Crippen LogP contribution in [0.3, 0.4) is 0 Å². The van der Waals surface area contributed by atoms with Gasteiger partial charge in [-0.1, -0.05) is 43.3 Å². The molecule has 1 aromatic heterocycles. The molecule has 144 valence electrons. The summed E-state index contributed by atoms with van der Waals surface area (Å²) in [7, 11) is 0. The number of carbonyl (C=O) groups is 2. The van der Waals surface area contributed by atoms with Gasteiger partial charge in [-0.05, 0) is 48.7 Å². The van der Waals surface area contributed by atoms with Crippen molar-refractivity contribution >= 4 is 17.5 Å². The van der Waals surface area contributed by atoms with Crippen molar-refractivity contribution < 1.29 is 14.0 Å². The van der Waals surface area contributed by atoms with Gasteiger partial charge in [-0.3, -0.25) is 9.59 Å². The molecule has 0 aliphatic rings. The lowest BCUT2D eigenvalue weighted by Gasteiger charge is -2.16. The maximum Gasteiger partial charge on any atom is 0.291 e. The number of anilines is 1. The zero-order valence-electron chi connectivity index (χ0n) is 16.1. The third-order valence-corrected chi connectivity index (χ3v) is 4.77. The molecule has 5 nitrogen and oxygen atoms in total. The Morgan fingerprint density at radius 2 is 1.79 bits per heavy atom. The fourth-order valence-corrected chi connectivity index (χ4v) is 3.03. The molecule has 0 saturated heterocycles. The van der Waals surface area contributed by atoms with Crippen molar-refractivity contribution in [3.05, 3.63) is 89.4 Å². The minimum absolute atomic E-state index is 0.164. The largest absolute Gasteiger partial charge is 0.459 e. The number of nitrogens with one attached hydrogen (secondary N) is 2. The first kappa shape index (κ1) is 19.4. The maximum absolute atomic E-state index is 12.6. The fourth-order valence-electron chi connectivity index (χ4n) is 3.03. The molecule has 1 unspecified atom stereocenters. The Bertz CT molecular complexity index is 934. The predicted molar refractivity (Wildman–Crippen MR) is 110 cm³/mol. The van der Waals surface area contributed by atoms with Crippen molar-refractivity contribution in [1.82, 2.24) is 5.32 Å². The van der Waals surface area contributed by atoms with E-state index in [1.807, 2.05) is 31.2 Å². The molecule has 0 aliphatic carbocycles. The van der Waals surface area contributed by atoms with Gasteiger partial charge in [0.1, 0.15) is 0 Å². The number of aryl methyl sites for hydroxylation is 1. The summed E-state index contributed by atoms with van der Waals surface area (Å²) in [6.45, 7) is 4.54. The van der Waals surface area contributed by atoms with Crippen LogP contribution in [0.5, 0.6) is 0 Å². The van der Waals surface area contributed by atoms with Crippen molar-refractivity contribution in [3.63, 3.8) is 0 Å². The van der Waals surface area contributed by atoms with Crippen LogP contribution in [-0.2, 0) is 0 Å². The Morgan fingerprint density at radius 3 is 2.46 bits per heavy atom. The van der Waals surface area contributed by atoms with Crippen molar-refractivity contribution in [3.8, 4) is 0 Å². The van der Waals surface area contributed by atoms with Crippen LogP contribution in [0, 0.1) is 6.92 Å². The van der Waals surface area contributed by atoms with E-state index in [4.69, 9.17) is 4.42 Å². The van der Waals surface area contributed by atoms with E-state index in [2.05, 4.69) is 29.7 Å². The van der Waals surface area contributed by atoms with Crippen LogP contribution in [0.2, 0.25) is 0 Å². The second-order valence-electron chi connectivity index (χ2n) is 6.69. The van der Waals surface area contributed by atoms with Crippen LogP contribution in [0.25, 0.3) is 0 Å². The lowest BCUT2D eigenvalue weighted by molar-refractivity contribution is 0.0949. The minimum Gasteiger partial charge on any atom is -0.459 e. The highest BCUT2D eigenvalue weighted by Gasteiger charge is 2.15. The SMILES string of the molecule is CCC(CNC(=O)c1ccc(C)c(NC(=O)c2ccco2)c1)c1ccccc1. The first-order valence-corrected chi connectivity index (χ1v) is 9.37. The third kappa shape index (κ3) is 4.68. The molecular weight excluding hydrogens is 352 g/mol. The Kier molecular flexibility index (Phi) is 6.27. The van der Waals surface area contributed by atoms with Crippen molar-refractivity contribution in [2.24, 2.45) is 0 Å². The standard InChI is InChI=1S/C23H24N2O3/c1-3-17(18-8-5-4-6-9-18)15-24-22(26)19-12-11-16(2)20(14-19)25-23(27)21-10-7-13-28-21/h4-14,17H,3,15H2,1-2H3,(H,24,26)(H,25,27). The molecule has 3 rings (SSSR count). The van der Waals surface area contributed by atoms with E-state index in [0.717, 1.165) is 12.0 Å². The van der Waals surface area contributed by atoms with Gasteiger partial charge in [-0.25, -0.2) is 0 Å². The molecule has 0 radical (unpaired) electrons. The Morgan fingerprint density at radius 1 is 1.00 bits per heavy atom. The van der Waals surface area contributed by atoms with E-state index in [1.54, 1.807) is 24.3 Å². The molecule has 5 heteroatoms. The Labute approximate surface area is 164 Å². The summed E-state index contributed by atoms with van der Waals surface area (Å²) >= 11 is 0. The van der Waals surface area contributed by atoms with Crippen LogP contribution in [0.1, 0.15) is 51.3 Å². The van der Waals surface area contributed by atoms with Gasteiger partial charge in [0.25, 0.3) is 11.8 Å². The predicted octanol–water partition coefficient (Wildman–Crippen LogP) is 4.76. The number of rotatable bonds is 7. The van der Waals surface area contributed by atoms with Gasteiger partial charge in [0.15, 0.2) is 5.76 Å². The van der Waals surface area contributed by atoms with E-state index in [1.165, 1.54) is 11.8 Å². The van der Waals surface area contributed by atoms with E-state index in [-0.39, 0.29) is 23.5 Å². The second kappa shape index (κ2) is 9.04. The fraction of sp³-hybridized carbons (Fsp3) is 0.217. The van der Waals surface area contributed by atoms with Crippen LogP contribution in [-0.4, -0.2) is 18.4 Å². The van der Waals surface area contributed by atoms with Crippen LogP contribution in [0.15, 0.2) is 71.3 Å². The average molecular weight is 376 g/mol. The highest BCUT2D eigenvalue weighted by molar-refractivity contribution is 6.03. The lowest BCUT2D eigenvalue weighted by atomic mass is 9.96. The third-order valence-electron chi connectivity index (χ3n) is 4.77. The van der Waals surface area contributed by atoms with Gasteiger partial charge >= 0.3 is 0 Å². The molecule has 28 heavy (non-hydrogen) atoms. The zero-order chi connectivity index (χ0) is 19.9. The number of benzene rings is 2. The summed E-state index contributed by atoms with van der Waals surface area (Å²) in [6.07, 6.45) is 2.38.